The van der Waals surface area contributed by atoms with E-state index >= 15 is 0 Å². The van der Waals surface area contributed by atoms with Crippen LogP contribution in [0.4, 0.5) is 0 Å². The summed E-state index contributed by atoms with van der Waals surface area (Å²) in [5.74, 6) is -0.255. The molecule has 0 bridgehead atoms. The molecule has 1 atom stereocenters. The Morgan fingerprint density at radius 2 is 1.87 bits per heavy atom. The molecule has 3 aromatic rings. The van der Waals surface area contributed by atoms with Crippen LogP contribution in [0.3, 0.4) is 0 Å². The SMILES string of the molecule is Cc1nn(C)c(Oc2cc(O[C@@H](C)C(=O)O)c(Cl)cc2Cl)c1Cc1ccc(C#N)cc1. The Labute approximate surface area is 189 Å². The number of nitriles is 1. The molecule has 0 spiro atoms. The lowest BCUT2D eigenvalue weighted by Crippen LogP contribution is -2.23. The van der Waals surface area contributed by atoms with E-state index in [4.69, 9.17) is 43.0 Å². The van der Waals surface area contributed by atoms with Crippen LogP contribution in [-0.2, 0) is 18.3 Å². The average Bonchev–Trinajstić information content (AvgIpc) is 2.98. The van der Waals surface area contributed by atoms with E-state index in [1.165, 1.54) is 19.1 Å². The van der Waals surface area contributed by atoms with Crippen molar-refractivity contribution in [1.82, 2.24) is 9.78 Å². The summed E-state index contributed by atoms with van der Waals surface area (Å²) in [5, 5.41) is 22.9. The van der Waals surface area contributed by atoms with Crippen molar-refractivity contribution in [2.45, 2.75) is 26.4 Å². The zero-order chi connectivity index (χ0) is 22.7. The van der Waals surface area contributed by atoms with Gasteiger partial charge in [-0.25, -0.2) is 9.48 Å². The maximum absolute atomic E-state index is 11.1. The monoisotopic (exact) mass is 459 g/mol. The van der Waals surface area contributed by atoms with Gasteiger partial charge in [0.2, 0.25) is 5.88 Å². The summed E-state index contributed by atoms with van der Waals surface area (Å²) in [7, 11) is 1.75. The summed E-state index contributed by atoms with van der Waals surface area (Å²) in [4.78, 5) is 11.1. The maximum atomic E-state index is 11.1. The molecule has 1 aromatic heterocycles. The number of benzene rings is 2. The first-order valence-corrected chi connectivity index (χ1v) is 10.0. The Bertz CT molecular complexity index is 1170. The fraction of sp³-hybridized carbons (Fsp3) is 0.227. The number of hydrogen-bond donors (Lipinski definition) is 1. The van der Waals surface area contributed by atoms with Crippen molar-refractivity contribution in [3.8, 4) is 23.4 Å². The van der Waals surface area contributed by atoms with Crippen molar-refractivity contribution in [2.75, 3.05) is 0 Å². The Morgan fingerprint density at radius 1 is 1.23 bits per heavy atom. The molecule has 1 N–H and O–H groups in total. The van der Waals surface area contributed by atoms with E-state index in [0.717, 1.165) is 16.8 Å². The second-order valence-electron chi connectivity index (χ2n) is 6.89. The van der Waals surface area contributed by atoms with Crippen molar-refractivity contribution in [3.63, 3.8) is 0 Å². The van der Waals surface area contributed by atoms with E-state index in [1.807, 2.05) is 19.1 Å². The lowest BCUT2D eigenvalue weighted by atomic mass is 10.0. The number of carbonyl (C=O) groups is 1. The molecule has 0 amide bonds. The highest BCUT2D eigenvalue weighted by Crippen LogP contribution is 2.39. The number of halogens is 2. The van der Waals surface area contributed by atoms with Gasteiger partial charge in [0.25, 0.3) is 0 Å². The van der Waals surface area contributed by atoms with Crippen molar-refractivity contribution < 1.29 is 19.4 Å². The normalized spacial score (nSPS) is 11.6. The zero-order valence-corrected chi connectivity index (χ0v) is 18.5. The molecule has 7 nitrogen and oxygen atoms in total. The molecule has 3 rings (SSSR count). The topological polar surface area (TPSA) is 97.4 Å². The largest absolute Gasteiger partial charge is 0.479 e. The summed E-state index contributed by atoms with van der Waals surface area (Å²) in [6.07, 6.45) is -0.567. The maximum Gasteiger partial charge on any atom is 0.344 e. The van der Waals surface area contributed by atoms with Crippen LogP contribution in [0.1, 0.15) is 29.3 Å². The first-order valence-electron chi connectivity index (χ1n) is 9.27. The van der Waals surface area contributed by atoms with Gasteiger partial charge in [-0.05, 0) is 37.6 Å². The first-order chi connectivity index (χ1) is 14.7. The van der Waals surface area contributed by atoms with E-state index in [9.17, 15) is 4.79 Å². The number of carboxylic acids is 1. The molecular formula is C22H19Cl2N3O4. The zero-order valence-electron chi connectivity index (χ0n) is 17.0. The van der Waals surface area contributed by atoms with Crippen molar-refractivity contribution in [3.05, 3.63) is 68.8 Å². The van der Waals surface area contributed by atoms with Gasteiger partial charge in [-0.15, -0.1) is 0 Å². The van der Waals surface area contributed by atoms with Crippen LogP contribution in [0.2, 0.25) is 10.0 Å². The lowest BCUT2D eigenvalue weighted by Gasteiger charge is -2.15. The molecule has 0 saturated carbocycles. The number of aliphatic carboxylic acids is 1. The second-order valence-corrected chi connectivity index (χ2v) is 7.71. The molecule has 2 aromatic carbocycles. The van der Waals surface area contributed by atoms with Crippen LogP contribution < -0.4 is 9.47 Å². The fourth-order valence-electron chi connectivity index (χ4n) is 2.94. The predicted octanol–water partition coefficient (Wildman–Crippen LogP) is 5.14. The van der Waals surface area contributed by atoms with Gasteiger partial charge in [-0.3, -0.25) is 0 Å². The van der Waals surface area contributed by atoms with E-state index in [2.05, 4.69) is 11.2 Å². The fourth-order valence-corrected chi connectivity index (χ4v) is 3.40. The van der Waals surface area contributed by atoms with Gasteiger partial charge in [0.15, 0.2) is 11.9 Å². The van der Waals surface area contributed by atoms with Gasteiger partial charge in [0, 0.05) is 25.1 Å². The number of carboxylic acid groups (broad SMARTS) is 1. The van der Waals surface area contributed by atoms with Crippen molar-refractivity contribution in [1.29, 1.82) is 5.26 Å². The summed E-state index contributed by atoms with van der Waals surface area (Å²) in [6, 6.07) is 12.3. The van der Waals surface area contributed by atoms with Crippen LogP contribution in [0.25, 0.3) is 0 Å². The second kappa shape index (κ2) is 9.29. The molecule has 0 unspecified atom stereocenters. The predicted molar refractivity (Wildman–Crippen MR) is 116 cm³/mol. The molecule has 9 heteroatoms. The summed E-state index contributed by atoms with van der Waals surface area (Å²) >= 11 is 12.5. The molecule has 0 aliphatic carbocycles. The number of aryl methyl sites for hydroxylation is 2. The molecule has 0 radical (unpaired) electrons. The number of ether oxygens (including phenoxy) is 2. The van der Waals surface area contributed by atoms with Crippen molar-refractivity contribution >= 4 is 29.2 Å². The highest BCUT2D eigenvalue weighted by Gasteiger charge is 2.20. The highest BCUT2D eigenvalue weighted by atomic mass is 35.5. The summed E-state index contributed by atoms with van der Waals surface area (Å²) in [6.45, 7) is 3.27. The van der Waals surface area contributed by atoms with Gasteiger partial charge in [-0.1, -0.05) is 35.3 Å². The summed E-state index contributed by atoms with van der Waals surface area (Å²) in [5.41, 5.74) is 3.20. The van der Waals surface area contributed by atoms with E-state index < -0.39 is 12.1 Å². The number of nitrogens with zero attached hydrogens (tertiary/aromatic N) is 3. The number of hydrogen-bond acceptors (Lipinski definition) is 5. The lowest BCUT2D eigenvalue weighted by molar-refractivity contribution is -0.144. The minimum atomic E-state index is -1.12. The smallest absolute Gasteiger partial charge is 0.344 e. The first kappa shape index (κ1) is 22.5. The minimum absolute atomic E-state index is 0.142. The third-order valence-corrected chi connectivity index (χ3v) is 5.19. The minimum Gasteiger partial charge on any atom is -0.479 e. The van der Waals surface area contributed by atoms with Gasteiger partial charge in [0.1, 0.15) is 5.75 Å². The van der Waals surface area contributed by atoms with Gasteiger partial charge in [0.05, 0.1) is 27.4 Å². The van der Waals surface area contributed by atoms with Crippen molar-refractivity contribution in [2.24, 2.45) is 7.05 Å². The summed E-state index contributed by atoms with van der Waals surface area (Å²) < 4.78 is 13.1. The van der Waals surface area contributed by atoms with Crippen LogP contribution in [-0.4, -0.2) is 27.0 Å². The standard InChI is InChI=1S/C22H19Cl2N3O4/c1-12-16(8-14-4-6-15(11-25)7-5-14)21(27(3)26-12)31-20-10-19(17(23)9-18(20)24)30-13(2)22(28)29/h4-7,9-10,13H,8H2,1-3H3,(H,28,29)/t13-/m0/s1. The van der Waals surface area contributed by atoms with E-state index in [-0.39, 0.29) is 21.5 Å². The molecule has 1 heterocycles. The Morgan fingerprint density at radius 3 is 2.48 bits per heavy atom. The van der Waals surface area contributed by atoms with Crippen LogP contribution in [0.15, 0.2) is 36.4 Å². The van der Waals surface area contributed by atoms with Crippen LogP contribution in [0, 0.1) is 18.3 Å². The number of rotatable bonds is 7. The average molecular weight is 460 g/mol. The van der Waals surface area contributed by atoms with Gasteiger partial charge in [-0.2, -0.15) is 10.4 Å². The van der Waals surface area contributed by atoms with Crippen LogP contribution in [0.5, 0.6) is 17.4 Å². The molecule has 0 saturated heterocycles. The third-order valence-electron chi connectivity index (χ3n) is 4.60. The van der Waals surface area contributed by atoms with Gasteiger partial charge >= 0.3 is 5.97 Å². The molecule has 0 fully saturated rings. The van der Waals surface area contributed by atoms with Gasteiger partial charge < -0.3 is 14.6 Å². The quantitative estimate of drug-likeness (QED) is 0.524. The Hall–Kier alpha value is -3.21. The molecule has 0 aliphatic rings. The number of aromatic nitrogens is 2. The Balaban J connectivity index is 1.94. The molecule has 0 aliphatic heterocycles. The van der Waals surface area contributed by atoms with E-state index in [0.29, 0.717) is 17.9 Å². The highest BCUT2D eigenvalue weighted by molar-refractivity contribution is 6.36. The molecular weight excluding hydrogens is 441 g/mol. The Kier molecular flexibility index (Phi) is 6.74. The van der Waals surface area contributed by atoms with E-state index in [1.54, 1.807) is 23.9 Å². The third kappa shape index (κ3) is 5.10. The van der Waals surface area contributed by atoms with Crippen LogP contribution >= 0.6 is 23.2 Å². The molecule has 160 valence electrons. The molecule has 31 heavy (non-hydrogen) atoms.